The molecule has 0 unspecified atom stereocenters. The van der Waals surface area contributed by atoms with Crippen molar-refractivity contribution in [1.29, 1.82) is 0 Å². The molecule has 0 aromatic carbocycles. The molecule has 0 amide bonds. The molecule has 0 aliphatic heterocycles. The molecule has 1 aromatic rings. The minimum atomic E-state index is -0.00579. The van der Waals surface area contributed by atoms with Crippen LogP contribution in [-0.4, -0.2) is 9.97 Å². The predicted octanol–water partition coefficient (Wildman–Crippen LogP) is 1.60. The molecule has 70 valence electrons. The lowest BCUT2D eigenvalue weighted by Gasteiger charge is -2.24. The lowest BCUT2D eigenvalue weighted by Crippen LogP contribution is -2.19. The third kappa shape index (κ3) is 1.64. The van der Waals surface area contributed by atoms with Gasteiger partial charge < -0.3 is 4.98 Å². The van der Waals surface area contributed by atoms with Crippen molar-refractivity contribution in [2.75, 3.05) is 0 Å². The number of nitrogens with one attached hydrogen (secondary N) is 1. The summed E-state index contributed by atoms with van der Waals surface area (Å²) in [7, 11) is 0. The van der Waals surface area contributed by atoms with E-state index in [0.29, 0.717) is 5.92 Å². The van der Waals surface area contributed by atoms with E-state index in [0.717, 1.165) is 17.9 Å². The highest BCUT2D eigenvalue weighted by Crippen LogP contribution is 2.33. The van der Waals surface area contributed by atoms with Crippen molar-refractivity contribution >= 4 is 0 Å². The smallest absolute Gasteiger partial charge is 0.251 e. The summed E-state index contributed by atoms with van der Waals surface area (Å²) >= 11 is 0. The second kappa shape index (κ2) is 3.32. The van der Waals surface area contributed by atoms with Gasteiger partial charge >= 0.3 is 0 Å². The van der Waals surface area contributed by atoms with Crippen LogP contribution < -0.4 is 5.56 Å². The van der Waals surface area contributed by atoms with Gasteiger partial charge in [0.15, 0.2) is 0 Å². The van der Waals surface area contributed by atoms with Crippen LogP contribution in [0, 0.1) is 0 Å². The van der Waals surface area contributed by atoms with Gasteiger partial charge in [-0.3, -0.25) is 4.79 Å². The first-order valence-corrected chi connectivity index (χ1v) is 4.89. The van der Waals surface area contributed by atoms with Crippen molar-refractivity contribution in [3.05, 3.63) is 27.9 Å². The molecule has 1 aliphatic rings. The molecule has 0 radical (unpaired) electrons. The van der Waals surface area contributed by atoms with Crippen molar-refractivity contribution in [3.63, 3.8) is 0 Å². The third-order valence-electron chi connectivity index (χ3n) is 2.67. The van der Waals surface area contributed by atoms with E-state index in [9.17, 15) is 4.79 Å². The standard InChI is InChI=1S/C10H14N2O/c1-2-8-6-9(13)12-10(11-8)7-4-3-5-7/h6-7H,2-5H2,1H3,(H,11,12,13). The first-order valence-electron chi connectivity index (χ1n) is 4.89. The van der Waals surface area contributed by atoms with Crippen molar-refractivity contribution in [2.45, 2.75) is 38.5 Å². The normalized spacial score (nSPS) is 17.0. The van der Waals surface area contributed by atoms with Gasteiger partial charge in [0.1, 0.15) is 5.82 Å². The molecular weight excluding hydrogens is 164 g/mol. The Balaban J connectivity index is 2.34. The largest absolute Gasteiger partial charge is 0.310 e. The fourth-order valence-corrected chi connectivity index (χ4v) is 1.58. The molecule has 0 atom stereocenters. The summed E-state index contributed by atoms with van der Waals surface area (Å²) in [4.78, 5) is 18.5. The van der Waals surface area contributed by atoms with Crippen LogP contribution in [-0.2, 0) is 6.42 Å². The maximum Gasteiger partial charge on any atom is 0.251 e. The van der Waals surface area contributed by atoms with Crippen LogP contribution >= 0.6 is 0 Å². The van der Waals surface area contributed by atoms with Gasteiger partial charge in [0.05, 0.1) is 0 Å². The van der Waals surface area contributed by atoms with Gasteiger partial charge in [0.2, 0.25) is 0 Å². The molecule has 1 aromatic heterocycles. The molecule has 0 bridgehead atoms. The second-order valence-corrected chi connectivity index (χ2v) is 3.60. The Kier molecular flexibility index (Phi) is 2.17. The summed E-state index contributed by atoms with van der Waals surface area (Å²) in [6.07, 6.45) is 4.46. The van der Waals surface area contributed by atoms with Gasteiger partial charge in [-0.1, -0.05) is 13.3 Å². The lowest BCUT2D eigenvalue weighted by molar-refractivity contribution is 0.399. The van der Waals surface area contributed by atoms with Crippen LogP contribution in [0.4, 0.5) is 0 Å². The van der Waals surface area contributed by atoms with Crippen LogP contribution in [0.5, 0.6) is 0 Å². The average Bonchev–Trinajstić information content (AvgIpc) is 2.00. The van der Waals surface area contributed by atoms with E-state index < -0.39 is 0 Å². The average molecular weight is 178 g/mol. The summed E-state index contributed by atoms with van der Waals surface area (Å²) in [5.41, 5.74) is 0.902. The summed E-state index contributed by atoms with van der Waals surface area (Å²) in [6, 6.07) is 1.59. The number of aromatic amines is 1. The number of H-pyrrole nitrogens is 1. The highest BCUT2D eigenvalue weighted by molar-refractivity contribution is 5.07. The first-order chi connectivity index (χ1) is 6.29. The van der Waals surface area contributed by atoms with Crippen LogP contribution in [0.2, 0.25) is 0 Å². The molecule has 1 N–H and O–H groups in total. The van der Waals surface area contributed by atoms with Gasteiger partial charge in [-0.15, -0.1) is 0 Å². The van der Waals surface area contributed by atoms with Crippen LogP contribution in [0.3, 0.4) is 0 Å². The zero-order valence-corrected chi connectivity index (χ0v) is 7.84. The van der Waals surface area contributed by atoms with E-state index in [1.54, 1.807) is 6.07 Å². The van der Waals surface area contributed by atoms with Crippen LogP contribution in [0.15, 0.2) is 10.9 Å². The Bertz CT molecular complexity index is 352. The molecule has 1 saturated carbocycles. The number of rotatable bonds is 2. The second-order valence-electron chi connectivity index (χ2n) is 3.60. The van der Waals surface area contributed by atoms with Crippen molar-refractivity contribution in [2.24, 2.45) is 0 Å². The molecule has 1 fully saturated rings. The fourth-order valence-electron chi connectivity index (χ4n) is 1.58. The van der Waals surface area contributed by atoms with Gasteiger partial charge in [-0.05, 0) is 19.3 Å². The zero-order chi connectivity index (χ0) is 9.26. The molecule has 13 heavy (non-hydrogen) atoms. The maximum absolute atomic E-state index is 11.2. The monoisotopic (exact) mass is 178 g/mol. The van der Waals surface area contributed by atoms with E-state index in [2.05, 4.69) is 9.97 Å². The van der Waals surface area contributed by atoms with E-state index in [1.807, 2.05) is 6.92 Å². The maximum atomic E-state index is 11.2. The lowest BCUT2D eigenvalue weighted by atomic mass is 9.85. The Morgan fingerprint density at radius 1 is 1.62 bits per heavy atom. The zero-order valence-electron chi connectivity index (χ0n) is 7.84. The predicted molar refractivity (Wildman–Crippen MR) is 50.8 cm³/mol. The van der Waals surface area contributed by atoms with Gasteiger partial charge in [0.25, 0.3) is 5.56 Å². The SMILES string of the molecule is CCc1cc(=O)[nH]c(C2CCC2)n1. The Morgan fingerprint density at radius 2 is 2.38 bits per heavy atom. The van der Waals surface area contributed by atoms with Gasteiger partial charge in [-0.2, -0.15) is 0 Å². The van der Waals surface area contributed by atoms with Crippen molar-refractivity contribution in [1.82, 2.24) is 9.97 Å². The van der Waals surface area contributed by atoms with Crippen molar-refractivity contribution < 1.29 is 0 Å². The first kappa shape index (κ1) is 8.48. The van der Waals surface area contributed by atoms with E-state index in [4.69, 9.17) is 0 Å². The molecule has 1 heterocycles. The van der Waals surface area contributed by atoms with Gasteiger partial charge in [-0.25, -0.2) is 4.98 Å². The molecule has 0 saturated heterocycles. The topological polar surface area (TPSA) is 45.8 Å². The molecule has 3 nitrogen and oxygen atoms in total. The quantitative estimate of drug-likeness (QED) is 0.747. The molecule has 2 rings (SSSR count). The number of hydrogen-bond donors (Lipinski definition) is 1. The van der Waals surface area contributed by atoms with Crippen molar-refractivity contribution in [3.8, 4) is 0 Å². The summed E-state index contributed by atoms with van der Waals surface area (Å²) in [6.45, 7) is 2.02. The number of hydrogen-bond acceptors (Lipinski definition) is 2. The summed E-state index contributed by atoms with van der Waals surface area (Å²) in [5, 5.41) is 0. The third-order valence-corrected chi connectivity index (χ3v) is 2.67. The summed E-state index contributed by atoms with van der Waals surface area (Å²) in [5.74, 6) is 1.41. The Hall–Kier alpha value is -1.12. The number of aromatic nitrogens is 2. The number of nitrogens with zero attached hydrogens (tertiary/aromatic N) is 1. The van der Waals surface area contributed by atoms with Gasteiger partial charge in [0, 0.05) is 17.7 Å². The van der Waals surface area contributed by atoms with E-state index in [-0.39, 0.29) is 5.56 Å². The summed E-state index contributed by atoms with van der Waals surface area (Å²) < 4.78 is 0. The van der Waals surface area contributed by atoms with Crippen LogP contribution in [0.25, 0.3) is 0 Å². The minimum Gasteiger partial charge on any atom is -0.310 e. The van der Waals surface area contributed by atoms with Crippen LogP contribution in [0.1, 0.15) is 43.6 Å². The fraction of sp³-hybridized carbons (Fsp3) is 0.600. The highest BCUT2D eigenvalue weighted by Gasteiger charge is 2.21. The molecule has 1 aliphatic carbocycles. The van der Waals surface area contributed by atoms with E-state index >= 15 is 0 Å². The molecule has 0 spiro atoms. The minimum absolute atomic E-state index is 0.00579. The highest BCUT2D eigenvalue weighted by atomic mass is 16.1. The molecule has 3 heteroatoms. The molecular formula is C10H14N2O. The van der Waals surface area contributed by atoms with E-state index in [1.165, 1.54) is 19.3 Å². The Labute approximate surface area is 77.2 Å². The number of aryl methyl sites for hydroxylation is 1. The Morgan fingerprint density at radius 3 is 2.92 bits per heavy atom.